The van der Waals surface area contributed by atoms with Crippen molar-refractivity contribution in [3.63, 3.8) is 0 Å². The van der Waals surface area contributed by atoms with Crippen LogP contribution in [0.15, 0.2) is 41.8 Å². The molecule has 6 heteroatoms. The molecule has 0 aliphatic carbocycles. The van der Waals surface area contributed by atoms with Crippen LogP contribution in [0, 0.1) is 0 Å². The lowest BCUT2D eigenvalue weighted by Gasteiger charge is -2.10. The van der Waals surface area contributed by atoms with E-state index >= 15 is 0 Å². The Kier molecular flexibility index (Phi) is 5.06. The minimum Gasteiger partial charge on any atom is -0.422 e. The summed E-state index contributed by atoms with van der Waals surface area (Å²) in [6, 6.07) is 5.95. The molecule has 0 bridgehead atoms. The summed E-state index contributed by atoms with van der Waals surface area (Å²) in [5.74, 6) is -0.709. The monoisotopic (exact) mass is 269 g/mol. The molecule has 1 aromatic rings. The number of hydrogen-bond donors (Lipinski definition) is 1. The van der Waals surface area contributed by atoms with E-state index in [9.17, 15) is 13.2 Å². The topological polar surface area (TPSA) is 72.5 Å². The molecule has 0 aromatic heterocycles. The summed E-state index contributed by atoms with van der Waals surface area (Å²) < 4.78 is 31.2. The molecule has 1 aromatic carbocycles. The van der Waals surface area contributed by atoms with Crippen molar-refractivity contribution in [3.05, 3.63) is 36.9 Å². The maximum absolute atomic E-state index is 12.0. The van der Waals surface area contributed by atoms with Gasteiger partial charge in [-0.1, -0.05) is 25.6 Å². The fourth-order valence-corrected chi connectivity index (χ4v) is 2.48. The van der Waals surface area contributed by atoms with E-state index in [1.165, 1.54) is 12.1 Å². The van der Waals surface area contributed by atoms with Gasteiger partial charge in [-0.2, -0.15) is 0 Å². The highest BCUT2D eigenvalue weighted by Gasteiger charge is 2.19. The summed E-state index contributed by atoms with van der Waals surface area (Å²) in [6.45, 7) is 5.44. The molecule has 0 aliphatic rings. The number of carbonyl (C=O) groups is 1. The van der Waals surface area contributed by atoms with Crippen molar-refractivity contribution in [1.29, 1.82) is 0 Å². The number of esters is 1. The highest BCUT2D eigenvalue weighted by atomic mass is 32.2. The van der Waals surface area contributed by atoms with Crippen LogP contribution in [0.5, 0.6) is 5.75 Å². The molecule has 98 valence electrons. The highest BCUT2D eigenvalue weighted by Crippen LogP contribution is 2.23. The van der Waals surface area contributed by atoms with Crippen molar-refractivity contribution in [1.82, 2.24) is 4.72 Å². The Bertz CT molecular complexity index is 537. The minimum atomic E-state index is -3.67. The van der Waals surface area contributed by atoms with Gasteiger partial charge in [0, 0.05) is 12.6 Å². The number of hydrogen-bond acceptors (Lipinski definition) is 4. The second-order valence-corrected chi connectivity index (χ2v) is 5.21. The third-order valence-electron chi connectivity index (χ3n) is 2.06. The van der Waals surface area contributed by atoms with Gasteiger partial charge in [-0.3, -0.25) is 0 Å². The first kappa shape index (κ1) is 14.4. The molecule has 0 spiro atoms. The Morgan fingerprint density at radius 1 is 1.44 bits per heavy atom. The summed E-state index contributed by atoms with van der Waals surface area (Å²) in [7, 11) is -3.67. The molecule has 0 heterocycles. The third-order valence-corrected chi connectivity index (χ3v) is 3.56. The molecular formula is C12H15NO4S. The van der Waals surface area contributed by atoms with Gasteiger partial charge in [-0.05, 0) is 18.6 Å². The van der Waals surface area contributed by atoms with E-state index in [1.54, 1.807) is 12.1 Å². The zero-order valence-corrected chi connectivity index (χ0v) is 10.9. The molecule has 0 unspecified atom stereocenters. The second kappa shape index (κ2) is 6.32. The van der Waals surface area contributed by atoms with E-state index in [1.807, 2.05) is 6.92 Å². The third kappa shape index (κ3) is 3.68. The normalized spacial score (nSPS) is 10.9. The quantitative estimate of drug-likeness (QED) is 0.482. The predicted octanol–water partition coefficient (Wildman–Crippen LogP) is 1.47. The van der Waals surface area contributed by atoms with Gasteiger partial charge in [-0.25, -0.2) is 17.9 Å². The van der Waals surface area contributed by atoms with Gasteiger partial charge < -0.3 is 4.74 Å². The number of ether oxygens (including phenoxy) is 1. The fraction of sp³-hybridized carbons (Fsp3) is 0.250. The van der Waals surface area contributed by atoms with Gasteiger partial charge >= 0.3 is 5.97 Å². The lowest BCUT2D eigenvalue weighted by atomic mass is 10.3. The summed E-state index contributed by atoms with van der Waals surface area (Å²) in [5.41, 5.74) is 0. The largest absolute Gasteiger partial charge is 0.422 e. The molecule has 0 amide bonds. The molecule has 1 N–H and O–H groups in total. The van der Waals surface area contributed by atoms with Crippen molar-refractivity contribution in [2.24, 2.45) is 0 Å². The van der Waals surface area contributed by atoms with E-state index in [4.69, 9.17) is 4.74 Å². The Labute approximate surface area is 107 Å². The smallest absolute Gasteiger partial charge is 0.335 e. The number of rotatable bonds is 6. The number of benzene rings is 1. The summed E-state index contributed by atoms with van der Waals surface area (Å²) in [6.07, 6.45) is 1.65. The van der Waals surface area contributed by atoms with Crippen molar-refractivity contribution >= 4 is 16.0 Å². The highest BCUT2D eigenvalue weighted by molar-refractivity contribution is 7.89. The van der Waals surface area contributed by atoms with Crippen molar-refractivity contribution in [2.75, 3.05) is 6.54 Å². The molecule has 0 radical (unpaired) electrons. The molecule has 5 nitrogen and oxygen atoms in total. The van der Waals surface area contributed by atoms with Crippen LogP contribution >= 0.6 is 0 Å². The number of nitrogens with one attached hydrogen (secondary N) is 1. The molecular weight excluding hydrogens is 254 g/mol. The van der Waals surface area contributed by atoms with Crippen molar-refractivity contribution in [3.8, 4) is 5.75 Å². The van der Waals surface area contributed by atoms with Gasteiger partial charge in [0.25, 0.3) is 0 Å². The van der Waals surface area contributed by atoms with Crippen LogP contribution in [0.2, 0.25) is 0 Å². The summed E-state index contributed by atoms with van der Waals surface area (Å²) >= 11 is 0. The average molecular weight is 269 g/mol. The minimum absolute atomic E-state index is 0.00833. The van der Waals surface area contributed by atoms with Crippen LogP contribution < -0.4 is 9.46 Å². The molecule has 0 aliphatic heterocycles. The first-order valence-electron chi connectivity index (χ1n) is 5.44. The van der Waals surface area contributed by atoms with Gasteiger partial charge in [0.15, 0.2) is 5.75 Å². The molecule has 0 saturated heterocycles. The Morgan fingerprint density at radius 2 is 2.11 bits per heavy atom. The Balaban J connectivity index is 3.08. The number of carbonyl (C=O) groups excluding carboxylic acids is 1. The first-order chi connectivity index (χ1) is 8.51. The lowest BCUT2D eigenvalue weighted by molar-refractivity contribution is -0.129. The van der Waals surface area contributed by atoms with Crippen LogP contribution in [0.4, 0.5) is 0 Å². The van der Waals surface area contributed by atoms with Crippen LogP contribution in [0.25, 0.3) is 0 Å². The summed E-state index contributed by atoms with van der Waals surface area (Å²) in [5, 5.41) is 0. The average Bonchev–Trinajstić information content (AvgIpc) is 2.36. The van der Waals surface area contributed by atoms with E-state index < -0.39 is 16.0 Å². The SMILES string of the molecule is C=CC(=O)Oc1ccccc1S(=O)(=O)NCCC. The van der Waals surface area contributed by atoms with Gasteiger partial charge in [0.05, 0.1) is 0 Å². The van der Waals surface area contributed by atoms with Gasteiger partial charge in [0.2, 0.25) is 10.0 Å². The number of sulfonamides is 1. The van der Waals surface area contributed by atoms with Gasteiger partial charge in [-0.15, -0.1) is 0 Å². The van der Waals surface area contributed by atoms with E-state index in [-0.39, 0.29) is 10.6 Å². The molecule has 0 fully saturated rings. The Morgan fingerprint density at radius 3 is 2.72 bits per heavy atom. The standard InChI is InChI=1S/C12H15NO4S/c1-3-9-13-18(15,16)11-8-6-5-7-10(11)17-12(14)4-2/h4-8,13H,2-3,9H2,1H3. The second-order valence-electron chi connectivity index (χ2n) is 3.47. The zero-order chi connectivity index (χ0) is 13.6. The summed E-state index contributed by atoms with van der Waals surface area (Å²) in [4.78, 5) is 11.1. The molecule has 0 atom stereocenters. The van der Waals surface area contributed by atoms with Crippen LogP contribution in [-0.4, -0.2) is 20.9 Å². The maximum atomic E-state index is 12.0. The van der Waals surface area contributed by atoms with E-state index in [0.29, 0.717) is 13.0 Å². The predicted molar refractivity (Wildman–Crippen MR) is 67.8 cm³/mol. The van der Waals surface area contributed by atoms with E-state index in [0.717, 1.165) is 6.08 Å². The van der Waals surface area contributed by atoms with E-state index in [2.05, 4.69) is 11.3 Å². The van der Waals surface area contributed by atoms with Crippen LogP contribution in [0.3, 0.4) is 0 Å². The van der Waals surface area contributed by atoms with Crippen molar-refractivity contribution < 1.29 is 17.9 Å². The molecule has 0 saturated carbocycles. The van der Waals surface area contributed by atoms with Crippen molar-refractivity contribution in [2.45, 2.75) is 18.2 Å². The van der Waals surface area contributed by atoms with Crippen LogP contribution in [-0.2, 0) is 14.8 Å². The van der Waals surface area contributed by atoms with Crippen LogP contribution in [0.1, 0.15) is 13.3 Å². The maximum Gasteiger partial charge on any atom is 0.335 e. The Hall–Kier alpha value is -1.66. The molecule has 1 rings (SSSR count). The molecule has 18 heavy (non-hydrogen) atoms. The lowest BCUT2D eigenvalue weighted by Crippen LogP contribution is -2.25. The zero-order valence-electron chi connectivity index (χ0n) is 10.0. The number of para-hydroxylation sites is 1. The van der Waals surface area contributed by atoms with Gasteiger partial charge in [0.1, 0.15) is 4.90 Å². The first-order valence-corrected chi connectivity index (χ1v) is 6.92. The fourth-order valence-electron chi connectivity index (χ4n) is 1.22.